The number of piperidine rings is 1. The van der Waals surface area contributed by atoms with E-state index in [4.69, 9.17) is 17.3 Å². The second-order valence-corrected chi connectivity index (χ2v) is 7.68. The Morgan fingerprint density at radius 1 is 1.37 bits per heavy atom. The molecule has 1 aromatic carbocycles. The fourth-order valence-corrected chi connectivity index (χ4v) is 4.64. The Hall–Kier alpha value is -0.620. The van der Waals surface area contributed by atoms with E-state index in [1.165, 1.54) is 10.4 Å². The lowest BCUT2D eigenvalue weighted by Gasteiger charge is -2.34. The lowest BCUT2D eigenvalue weighted by Crippen LogP contribution is -2.48. The predicted octanol–water partition coefficient (Wildman–Crippen LogP) is 2.01. The topological polar surface area (TPSA) is 63.4 Å². The molecule has 19 heavy (non-hydrogen) atoms. The van der Waals surface area contributed by atoms with Gasteiger partial charge in [-0.15, -0.1) is 0 Å². The first kappa shape index (κ1) is 14.8. The zero-order chi connectivity index (χ0) is 14.2. The lowest BCUT2D eigenvalue weighted by molar-refractivity contribution is 0.254. The van der Waals surface area contributed by atoms with Crippen molar-refractivity contribution in [3.05, 3.63) is 28.8 Å². The summed E-state index contributed by atoms with van der Waals surface area (Å²) in [6.45, 7) is 4.68. The highest BCUT2D eigenvalue weighted by atomic mass is 35.5. The van der Waals surface area contributed by atoms with Crippen LogP contribution in [0.25, 0.3) is 0 Å². The first-order valence-corrected chi connectivity index (χ1v) is 8.14. The van der Waals surface area contributed by atoms with E-state index in [2.05, 4.69) is 0 Å². The Morgan fingerprint density at radius 2 is 2.05 bits per heavy atom. The van der Waals surface area contributed by atoms with E-state index in [1.807, 2.05) is 6.92 Å². The molecule has 0 spiro atoms. The second kappa shape index (κ2) is 5.40. The zero-order valence-corrected chi connectivity index (χ0v) is 12.7. The van der Waals surface area contributed by atoms with Crippen molar-refractivity contribution in [1.29, 1.82) is 0 Å². The summed E-state index contributed by atoms with van der Waals surface area (Å²) >= 11 is 5.91. The molecule has 2 N–H and O–H groups in total. The molecule has 0 radical (unpaired) electrons. The van der Waals surface area contributed by atoms with E-state index < -0.39 is 10.0 Å². The molecular weight excluding hydrogens is 284 g/mol. The molecule has 0 bridgehead atoms. The molecule has 0 amide bonds. The summed E-state index contributed by atoms with van der Waals surface area (Å²) < 4.78 is 26.8. The Bertz CT molecular complexity index is 564. The van der Waals surface area contributed by atoms with Crippen LogP contribution < -0.4 is 5.73 Å². The average Bonchev–Trinajstić information content (AvgIpc) is 2.31. The number of aryl methyl sites for hydroxylation is 1. The number of rotatable bonds is 2. The molecule has 4 nitrogen and oxygen atoms in total. The highest BCUT2D eigenvalue weighted by molar-refractivity contribution is 7.89. The first-order valence-electron chi connectivity index (χ1n) is 6.32. The number of hydrogen-bond acceptors (Lipinski definition) is 3. The summed E-state index contributed by atoms with van der Waals surface area (Å²) in [6.07, 6.45) is 0.862. The van der Waals surface area contributed by atoms with Gasteiger partial charge < -0.3 is 5.73 Å². The van der Waals surface area contributed by atoms with Gasteiger partial charge in [0.05, 0.1) is 4.90 Å². The first-order chi connectivity index (χ1) is 8.80. The Morgan fingerprint density at radius 3 is 2.68 bits per heavy atom. The molecule has 1 heterocycles. The monoisotopic (exact) mass is 302 g/mol. The summed E-state index contributed by atoms with van der Waals surface area (Å²) in [4.78, 5) is 0.279. The number of halogens is 1. The average molecular weight is 303 g/mol. The van der Waals surface area contributed by atoms with Gasteiger partial charge in [-0.25, -0.2) is 8.42 Å². The third-order valence-electron chi connectivity index (χ3n) is 3.43. The quantitative estimate of drug-likeness (QED) is 0.909. The molecule has 1 aromatic rings. The van der Waals surface area contributed by atoms with Gasteiger partial charge in [0, 0.05) is 24.2 Å². The largest absolute Gasteiger partial charge is 0.326 e. The van der Waals surface area contributed by atoms with Crippen LogP contribution in [0.15, 0.2) is 23.1 Å². The van der Waals surface area contributed by atoms with Crippen LogP contribution in [0.2, 0.25) is 5.02 Å². The molecule has 1 saturated heterocycles. The maximum Gasteiger partial charge on any atom is 0.243 e. The van der Waals surface area contributed by atoms with Crippen molar-refractivity contribution in [2.75, 3.05) is 13.1 Å². The molecule has 1 fully saturated rings. The molecule has 106 valence electrons. The Balaban J connectivity index is 2.39. The minimum Gasteiger partial charge on any atom is -0.326 e. The fraction of sp³-hybridized carbons (Fsp3) is 0.538. The summed E-state index contributed by atoms with van der Waals surface area (Å²) in [5, 5.41) is 0.429. The molecular formula is C13H19ClN2O2S. The zero-order valence-electron chi connectivity index (χ0n) is 11.1. The summed E-state index contributed by atoms with van der Waals surface area (Å²) in [6, 6.07) is 4.83. The van der Waals surface area contributed by atoms with Crippen LogP contribution in [0.5, 0.6) is 0 Å². The van der Waals surface area contributed by atoms with Crippen molar-refractivity contribution in [2.24, 2.45) is 11.7 Å². The molecule has 0 aliphatic carbocycles. The highest BCUT2D eigenvalue weighted by Gasteiger charge is 2.32. The second-order valence-electron chi connectivity index (χ2n) is 5.33. The standard InChI is InChI=1S/C13H19ClN2O2S/c1-9-5-12(15)8-16(7-9)19(17,18)13-6-11(14)4-3-10(13)2/h3-4,6,9,12H,5,7-8,15H2,1-2H3. The number of nitrogens with zero attached hydrogens (tertiary/aromatic N) is 1. The third kappa shape index (κ3) is 3.11. The highest BCUT2D eigenvalue weighted by Crippen LogP contribution is 2.27. The maximum absolute atomic E-state index is 12.7. The SMILES string of the molecule is Cc1ccc(Cl)cc1S(=O)(=O)N1CC(C)CC(N)C1. The van der Waals surface area contributed by atoms with Crippen LogP contribution >= 0.6 is 11.6 Å². The Labute approximate surface area is 119 Å². The lowest BCUT2D eigenvalue weighted by atomic mass is 9.99. The normalized spacial score (nSPS) is 25.5. The molecule has 2 atom stereocenters. The minimum atomic E-state index is -3.51. The van der Waals surface area contributed by atoms with E-state index >= 15 is 0 Å². The maximum atomic E-state index is 12.7. The molecule has 0 aromatic heterocycles. The summed E-state index contributed by atoms with van der Waals surface area (Å²) in [5.41, 5.74) is 6.63. The molecule has 0 saturated carbocycles. The number of hydrogen-bond donors (Lipinski definition) is 1. The molecule has 6 heteroatoms. The summed E-state index contributed by atoms with van der Waals surface area (Å²) in [5.74, 6) is 0.276. The number of nitrogens with two attached hydrogens (primary N) is 1. The van der Waals surface area contributed by atoms with Crippen LogP contribution in [-0.4, -0.2) is 31.9 Å². The van der Waals surface area contributed by atoms with Crippen molar-refractivity contribution >= 4 is 21.6 Å². The van der Waals surface area contributed by atoms with Gasteiger partial charge in [-0.05, 0) is 37.0 Å². The van der Waals surface area contributed by atoms with Crippen molar-refractivity contribution in [2.45, 2.75) is 31.2 Å². The van der Waals surface area contributed by atoms with Crippen molar-refractivity contribution in [3.8, 4) is 0 Å². The van der Waals surface area contributed by atoms with Crippen molar-refractivity contribution in [3.63, 3.8) is 0 Å². The number of benzene rings is 1. The number of sulfonamides is 1. The van der Waals surface area contributed by atoms with Gasteiger partial charge in [-0.2, -0.15) is 4.31 Å². The predicted molar refractivity (Wildman–Crippen MR) is 76.7 cm³/mol. The van der Waals surface area contributed by atoms with Gasteiger partial charge in [0.15, 0.2) is 0 Å². The fourth-order valence-electron chi connectivity index (χ4n) is 2.54. The van der Waals surface area contributed by atoms with Crippen molar-refractivity contribution in [1.82, 2.24) is 4.31 Å². The van der Waals surface area contributed by atoms with Crippen LogP contribution in [0.4, 0.5) is 0 Å². The van der Waals surface area contributed by atoms with Crippen LogP contribution in [0.1, 0.15) is 18.9 Å². The van der Waals surface area contributed by atoms with Gasteiger partial charge in [0.2, 0.25) is 10.0 Å². The van der Waals surface area contributed by atoms with E-state index in [9.17, 15) is 8.42 Å². The van der Waals surface area contributed by atoms with E-state index in [0.717, 1.165) is 6.42 Å². The summed E-state index contributed by atoms with van der Waals surface area (Å²) in [7, 11) is -3.51. The van der Waals surface area contributed by atoms with Gasteiger partial charge in [0.1, 0.15) is 0 Å². The molecule has 1 aliphatic rings. The van der Waals surface area contributed by atoms with E-state index in [0.29, 0.717) is 23.7 Å². The van der Waals surface area contributed by atoms with E-state index in [1.54, 1.807) is 19.1 Å². The smallest absolute Gasteiger partial charge is 0.243 e. The van der Waals surface area contributed by atoms with E-state index in [-0.39, 0.29) is 16.9 Å². The van der Waals surface area contributed by atoms with Crippen LogP contribution in [0.3, 0.4) is 0 Å². The van der Waals surface area contributed by atoms with Gasteiger partial charge >= 0.3 is 0 Å². The van der Waals surface area contributed by atoms with Gasteiger partial charge in [0.25, 0.3) is 0 Å². The molecule has 2 unspecified atom stereocenters. The third-order valence-corrected chi connectivity index (χ3v) is 5.64. The molecule has 2 rings (SSSR count). The van der Waals surface area contributed by atoms with Crippen LogP contribution in [-0.2, 0) is 10.0 Å². The van der Waals surface area contributed by atoms with Crippen LogP contribution in [0, 0.1) is 12.8 Å². The minimum absolute atomic E-state index is 0.0991. The van der Waals surface area contributed by atoms with Gasteiger partial charge in [-0.3, -0.25) is 0 Å². The molecule has 1 aliphatic heterocycles. The van der Waals surface area contributed by atoms with Gasteiger partial charge in [-0.1, -0.05) is 24.6 Å². The Kier molecular flexibility index (Phi) is 4.20. The van der Waals surface area contributed by atoms with Crippen molar-refractivity contribution < 1.29 is 8.42 Å².